The van der Waals surface area contributed by atoms with Crippen LogP contribution in [0.25, 0.3) is 0 Å². The third-order valence-corrected chi connectivity index (χ3v) is 2.59. The minimum Gasteiger partial charge on any atom is -0.508 e. The monoisotopic (exact) mass is 217 g/mol. The Kier molecular flexibility index (Phi) is 3.62. The molecule has 0 saturated carbocycles. The van der Waals surface area contributed by atoms with Gasteiger partial charge in [-0.25, -0.2) is 0 Å². The van der Waals surface area contributed by atoms with E-state index in [2.05, 4.69) is 11.2 Å². The summed E-state index contributed by atoms with van der Waals surface area (Å²) in [4.78, 5) is 0. The number of hydrogen-bond acceptors (Lipinski definition) is 2. The summed E-state index contributed by atoms with van der Waals surface area (Å²) in [6.45, 7) is 7.82. The molecule has 0 radical (unpaired) electrons. The normalized spacial score (nSPS) is 13.2. The third kappa shape index (κ3) is 3.01. The van der Waals surface area contributed by atoms with Gasteiger partial charge in [0.15, 0.2) is 0 Å². The number of nitrogens with one attached hydrogen (secondary N) is 1. The van der Waals surface area contributed by atoms with E-state index in [1.54, 1.807) is 6.07 Å². The molecule has 2 nitrogen and oxygen atoms in total. The Bertz CT molecular complexity index is 415. The molecule has 1 aromatic carbocycles. The second kappa shape index (κ2) is 4.59. The molecule has 0 aliphatic rings. The largest absolute Gasteiger partial charge is 0.508 e. The van der Waals surface area contributed by atoms with E-state index in [-0.39, 0.29) is 11.6 Å². The molecule has 0 aliphatic heterocycles. The van der Waals surface area contributed by atoms with Crippen LogP contribution < -0.4 is 5.32 Å². The van der Waals surface area contributed by atoms with Gasteiger partial charge in [-0.1, -0.05) is 18.1 Å². The molecule has 1 unspecified atom stereocenters. The number of benzene rings is 1. The number of terminal acetylenes is 1. The predicted octanol–water partition coefficient (Wildman–Crippen LogP) is 2.76. The molecular weight excluding hydrogens is 198 g/mol. The topological polar surface area (TPSA) is 32.3 Å². The van der Waals surface area contributed by atoms with Crippen LogP contribution in [0.3, 0.4) is 0 Å². The molecule has 2 N–H and O–H groups in total. The van der Waals surface area contributed by atoms with Gasteiger partial charge in [0.1, 0.15) is 5.75 Å². The Hall–Kier alpha value is -1.46. The summed E-state index contributed by atoms with van der Waals surface area (Å²) in [7, 11) is 0. The second-order valence-electron chi connectivity index (χ2n) is 4.70. The van der Waals surface area contributed by atoms with Crippen molar-refractivity contribution in [1.29, 1.82) is 0 Å². The zero-order chi connectivity index (χ0) is 12.3. The standard InChI is InChI=1S/C14H19NO/c1-6-14(4,5)15-11(3)12-8-7-10(2)9-13(12)16/h1,7-9,11,15-16H,2-5H3. The Morgan fingerprint density at radius 3 is 2.56 bits per heavy atom. The minimum atomic E-state index is -0.378. The number of phenolic OH excluding ortho intramolecular Hbond substituents is 1. The minimum absolute atomic E-state index is 0.0200. The lowest BCUT2D eigenvalue weighted by Gasteiger charge is -2.26. The van der Waals surface area contributed by atoms with E-state index in [0.717, 1.165) is 11.1 Å². The highest BCUT2D eigenvalue weighted by Gasteiger charge is 2.19. The van der Waals surface area contributed by atoms with Gasteiger partial charge in [-0.2, -0.15) is 0 Å². The van der Waals surface area contributed by atoms with Crippen LogP contribution in [-0.4, -0.2) is 10.6 Å². The number of phenols is 1. The SMILES string of the molecule is C#CC(C)(C)NC(C)c1ccc(C)cc1O. The molecule has 0 bridgehead atoms. The van der Waals surface area contributed by atoms with Gasteiger partial charge in [-0.3, -0.25) is 5.32 Å². The van der Waals surface area contributed by atoms with Crippen LogP contribution in [0.1, 0.15) is 37.9 Å². The fraction of sp³-hybridized carbons (Fsp3) is 0.429. The van der Waals surface area contributed by atoms with E-state index in [1.807, 2.05) is 39.8 Å². The molecule has 0 aliphatic carbocycles. The summed E-state index contributed by atoms with van der Waals surface area (Å²) in [5.41, 5.74) is 1.54. The molecule has 0 heterocycles. The van der Waals surface area contributed by atoms with Gasteiger partial charge < -0.3 is 5.11 Å². The third-order valence-electron chi connectivity index (χ3n) is 2.59. The first-order valence-electron chi connectivity index (χ1n) is 5.41. The van der Waals surface area contributed by atoms with Gasteiger partial charge in [0.2, 0.25) is 0 Å². The highest BCUT2D eigenvalue weighted by Crippen LogP contribution is 2.26. The molecule has 86 valence electrons. The number of hydrogen-bond donors (Lipinski definition) is 2. The lowest BCUT2D eigenvalue weighted by Crippen LogP contribution is -2.39. The lowest BCUT2D eigenvalue weighted by molar-refractivity contribution is 0.409. The van der Waals surface area contributed by atoms with Crippen molar-refractivity contribution in [2.45, 2.75) is 39.3 Å². The second-order valence-corrected chi connectivity index (χ2v) is 4.70. The van der Waals surface area contributed by atoms with Crippen molar-refractivity contribution in [1.82, 2.24) is 5.32 Å². The van der Waals surface area contributed by atoms with Gasteiger partial charge in [0, 0.05) is 11.6 Å². The fourth-order valence-electron chi connectivity index (χ4n) is 1.68. The van der Waals surface area contributed by atoms with Crippen molar-refractivity contribution in [2.24, 2.45) is 0 Å². The van der Waals surface area contributed by atoms with Crippen LogP contribution in [0, 0.1) is 19.3 Å². The van der Waals surface area contributed by atoms with E-state index in [4.69, 9.17) is 6.42 Å². The highest BCUT2D eigenvalue weighted by molar-refractivity contribution is 5.38. The molecular formula is C14H19NO. The molecule has 0 spiro atoms. The average molecular weight is 217 g/mol. The van der Waals surface area contributed by atoms with E-state index >= 15 is 0 Å². The molecule has 1 rings (SSSR count). The van der Waals surface area contributed by atoms with Crippen LogP contribution in [0.2, 0.25) is 0 Å². The van der Waals surface area contributed by atoms with Gasteiger partial charge in [0.05, 0.1) is 5.54 Å². The van der Waals surface area contributed by atoms with Crippen LogP contribution in [-0.2, 0) is 0 Å². The van der Waals surface area contributed by atoms with Crippen molar-refractivity contribution < 1.29 is 5.11 Å². The van der Waals surface area contributed by atoms with Crippen LogP contribution >= 0.6 is 0 Å². The molecule has 0 fully saturated rings. The molecule has 0 amide bonds. The summed E-state index contributed by atoms with van der Waals surface area (Å²) < 4.78 is 0. The maximum Gasteiger partial charge on any atom is 0.120 e. The lowest BCUT2D eigenvalue weighted by atomic mass is 10.0. The summed E-state index contributed by atoms with van der Waals surface area (Å²) in [5.74, 6) is 2.99. The summed E-state index contributed by atoms with van der Waals surface area (Å²) in [6, 6.07) is 5.69. The maximum atomic E-state index is 9.84. The first-order chi connectivity index (χ1) is 7.35. The van der Waals surface area contributed by atoms with Gasteiger partial charge >= 0.3 is 0 Å². The van der Waals surface area contributed by atoms with Crippen molar-refractivity contribution in [3.8, 4) is 18.1 Å². The summed E-state index contributed by atoms with van der Waals surface area (Å²) in [5, 5.41) is 13.1. The molecule has 1 aromatic rings. The Morgan fingerprint density at radius 2 is 2.06 bits per heavy atom. The van der Waals surface area contributed by atoms with E-state index in [9.17, 15) is 5.11 Å². The van der Waals surface area contributed by atoms with Crippen molar-refractivity contribution >= 4 is 0 Å². The molecule has 2 heteroatoms. The first kappa shape index (κ1) is 12.6. The molecule has 0 aromatic heterocycles. The smallest absolute Gasteiger partial charge is 0.120 e. The predicted molar refractivity (Wildman–Crippen MR) is 67.3 cm³/mol. The van der Waals surface area contributed by atoms with E-state index in [1.165, 1.54) is 0 Å². The molecule has 1 atom stereocenters. The van der Waals surface area contributed by atoms with Gasteiger partial charge in [-0.05, 0) is 39.3 Å². The zero-order valence-corrected chi connectivity index (χ0v) is 10.3. The Morgan fingerprint density at radius 1 is 1.44 bits per heavy atom. The van der Waals surface area contributed by atoms with Crippen LogP contribution in [0.5, 0.6) is 5.75 Å². The first-order valence-corrected chi connectivity index (χ1v) is 5.41. The Labute approximate surface area is 97.7 Å². The number of aryl methyl sites for hydroxylation is 1. The summed E-state index contributed by atoms with van der Waals surface area (Å²) in [6.07, 6.45) is 5.42. The maximum absolute atomic E-state index is 9.84. The van der Waals surface area contributed by atoms with Crippen LogP contribution in [0.4, 0.5) is 0 Å². The zero-order valence-electron chi connectivity index (χ0n) is 10.3. The van der Waals surface area contributed by atoms with Gasteiger partial charge in [-0.15, -0.1) is 6.42 Å². The molecule has 16 heavy (non-hydrogen) atoms. The van der Waals surface area contributed by atoms with E-state index < -0.39 is 0 Å². The average Bonchev–Trinajstić information content (AvgIpc) is 2.16. The van der Waals surface area contributed by atoms with Crippen molar-refractivity contribution in [2.75, 3.05) is 0 Å². The number of aromatic hydroxyl groups is 1. The summed E-state index contributed by atoms with van der Waals surface area (Å²) >= 11 is 0. The van der Waals surface area contributed by atoms with Crippen molar-refractivity contribution in [3.05, 3.63) is 29.3 Å². The van der Waals surface area contributed by atoms with Gasteiger partial charge in [0.25, 0.3) is 0 Å². The fourth-order valence-corrected chi connectivity index (χ4v) is 1.68. The number of rotatable bonds is 3. The quantitative estimate of drug-likeness (QED) is 0.763. The van der Waals surface area contributed by atoms with Crippen molar-refractivity contribution in [3.63, 3.8) is 0 Å². The van der Waals surface area contributed by atoms with Crippen LogP contribution in [0.15, 0.2) is 18.2 Å². The Balaban J connectivity index is 2.90. The highest BCUT2D eigenvalue weighted by atomic mass is 16.3. The molecule has 0 saturated heterocycles. The van der Waals surface area contributed by atoms with E-state index in [0.29, 0.717) is 5.75 Å².